The van der Waals surface area contributed by atoms with Gasteiger partial charge in [-0.15, -0.1) is 0 Å². The number of hydrogen-bond donors (Lipinski definition) is 1. The normalized spacial score (nSPS) is 10.8. The number of anilines is 1. The van der Waals surface area contributed by atoms with Crippen molar-refractivity contribution in [1.29, 1.82) is 0 Å². The zero-order chi connectivity index (χ0) is 17.2. The lowest BCUT2D eigenvalue weighted by atomic mass is 10.2. The Morgan fingerprint density at radius 3 is 2.96 bits per heavy atom. The topological polar surface area (TPSA) is 108 Å². The minimum absolute atomic E-state index is 0.153. The van der Waals surface area contributed by atoms with Crippen molar-refractivity contribution in [3.63, 3.8) is 0 Å². The van der Waals surface area contributed by atoms with E-state index in [1.807, 2.05) is 12.1 Å². The lowest BCUT2D eigenvalue weighted by Crippen LogP contribution is -2.13. The first kappa shape index (κ1) is 14.8. The number of para-hydroxylation sites is 1. The number of ether oxygens (including phenoxy) is 1. The molecular formula is C16H12N6O3. The Labute approximate surface area is 141 Å². The number of hydrogen-bond acceptors (Lipinski definition) is 7. The number of furan rings is 1. The van der Waals surface area contributed by atoms with Gasteiger partial charge in [0, 0.05) is 11.5 Å². The first-order valence-electron chi connectivity index (χ1n) is 7.29. The van der Waals surface area contributed by atoms with E-state index >= 15 is 0 Å². The van der Waals surface area contributed by atoms with E-state index in [0.717, 1.165) is 5.39 Å². The summed E-state index contributed by atoms with van der Waals surface area (Å²) in [5, 5.41) is 7.43. The quantitative estimate of drug-likeness (QED) is 0.607. The maximum absolute atomic E-state index is 12.4. The molecule has 4 rings (SSSR count). The Hall–Kier alpha value is -3.75. The molecule has 0 saturated carbocycles. The van der Waals surface area contributed by atoms with Gasteiger partial charge in [0.05, 0.1) is 7.11 Å². The van der Waals surface area contributed by atoms with Gasteiger partial charge in [-0.3, -0.25) is 4.79 Å². The van der Waals surface area contributed by atoms with Crippen LogP contribution in [-0.4, -0.2) is 37.7 Å². The highest BCUT2D eigenvalue weighted by molar-refractivity contribution is 6.04. The molecule has 1 amide bonds. The van der Waals surface area contributed by atoms with Gasteiger partial charge in [0.1, 0.15) is 24.8 Å². The first-order chi connectivity index (χ1) is 12.2. The van der Waals surface area contributed by atoms with Gasteiger partial charge >= 0.3 is 0 Å². The summed E-state index contributed by atoms with van der Waals surface area (Å²) in [5.41, 5.74) is 0.515. The van der Waals surface area contributed by atoms with E-state index in [2.05, 4.69) is 25.4 Å². The molecule has 25 heavy (non-hydrogen) atoms. The summed E-state index contributed by atoms with van der Waals surface area (Å²) in [6.07, 6.45) is 4.22. The summed E-state index contributed by atoms with van der Waals surface area (Å²) < 4.78 is 12.3. The molecule has 0 fully saturated rings. The van der Waals surface area contributed by atoms with Crippen LogP contribution in [0.15, 0.2) is 53.7 Å². The van der Waals surface area contributed by atoms with E-state index in [1.165, 1.54) is 23.7 Å². The summed E-state index contributed by atoms with van der Waals surface area (Å²) in [7, 11) is 1.55. The Bertz CT molecular complexity index is 1040. The second kappa shape index (κ2) is 6.04. The van der Waals surface area contributed by atoms with Crippen molar-refractivity contribution in [2.24, 2.45) is 0 Å². The monoisotopic (exact) mass is 336 g/mol. The third kappa shape index (κ3) is 2.78. The van der Waals surface area contributed by atoms with Gasteiger partial charge in [0.15, 0.2) is 22.9 Å². The van der Waals surface area contributed by atoms with Crippen LogP contribution >= 0.6 is 0 Å². The van der Waals surface area contributed by atoms with Crippen molar-refractivity contribution < 1.29 is 13.9 Å². The molecule has 0 atom stereocenters. The van der Waals surface area contributed by atoms with Crippen LogP contribution in [0.1, 0.15) is 10.6 Å². The molecule has 0 spiro atoms. The third-order valence-electron chi connectivity index (χ3n) is 3.50. The van der Waals surface area contributed by atoms with E-state index in [0.29, 0.717) is 23.0 Å². The number of carbonyl (C=O) groups excluding carboxylic acids is 1. The predicted octanol–water partition coefficient (Wildman–Crippen LogP) is 2.06. The Morgan fingerprint density at radius 2 is 2.16 bits per heavy atom. The van der Waals surface area contributed by atoms with Crippen LogP contribution in [0, 0.1) is 0 Å². The number of fused-ring (bicyclic) bond motifs is 1. The fourth-order valence-corrected chi connectivity index (χ4v) is 2.35. The average molecular weight is 336 g/mol. The average Bonchev–Trinajstić information content (AvgIpc) is 3.31. The second-order valence-electron chi connectivity index (χ2n) is 5.04. The van der Waals surface area contributed by atoms with Gasteiger partial charge < -0.3 is 14.5 Å². The molecule has 3 aromatic heterocycles. The number of methoxy groups -OCH3 is 1. The minimum atomic E-state index is -0.429. The van der Waals surface area contributed by atoms with Gasteiger partial charge in [-0.05, 0) is 12.1 Å². The van der Waals surface area contributed by atoms with E-state index < -0.39 is 5.91 Å². The Balaban J connectivity index is 1.61. The van der Waals surface area contributed by atoms with Crippen molar-refractivity contribution in [3.05, 3.63) is 55.1 Å². The van der Waals surface area contributed by atoms with E-state index in [-0.39, 0.29) is 5.76 Å². The zero-order valence-electron chi connectivity index (χ0n) is 13.1. The summed E-state index contributed by atoms with van der Waals surface area (Å²) in [5.74, 6) is 1.08. The lowest BCUT2D eigenvalue weighted by Gasteiger charge is -2.04. The van der Waals surface area contributed by atoms with Gasteiger partial charge in [0.2, 0.25) is 0 Å². The lowest BCUT2D eigenvalue weighted by molar-refractivity contribution is 0.0998. The number of rotatable bonds is 4. The van der Waals surface area contributed by atoms with E-state index in [9.17, 15) is 4.79 Å². The zero-order valence-corrected chi connectivity index (χ0v) is 13.1. The molecule has 0 unspecified atom stereocenters. The number of nitrogens with one attached hydrogen (secondary N) is 1. The standard InChI is InChI=1S/C16H12N6O3/c1-24-11-4-2-3-10-5-12(25-15(10)11)16(23)21-13-6-14(19-8-18-13)22-9-17-7-20-22/h2-9H,1H3,(H,18,19,21,23). The second-order valence-corrected chi connectivity index (χ2v) is 5.04. The molecule has 0 radical (unpaired) electrons. The number of aromatic nitrogens is 5. The third-order valence-corrected chi connectivity index (χ3v) is 3.50. The molecule has 9 heteroatoms. The SMILES string of the molecule is COc1cccc2cc(C(=O)Nc3cc(-n4cncn4)ncn3)oc12. The molecule has 9 nitrogen and oxygen atoms in total. The van der Waals surface area contributed by atoms with Crippen LogP contribution in [0.3, 0.4) is 0 Å². The summed E-state index contributed by atoms with van der Waals surface area (Å²) in [6, 6.07) is 8.66. The molecule has 0 bridgehead atoms. The maximum Gasteiger partial charge on any atom is 0.292 e. The number of benzene rings is 1. The molecule has 0 aliphatic carbocycles. The highest BCUT2D eigenvalue weighted by atomic mass is 16.5. The molecule has 0 aliphatic rings. The molecule has 124 valence electrons. The van der Waals surface area contributed by atoms with Crippen molar-refractivity contribution in [3.8, 4) is 11.6 Å². The van der Waals surface area contributed by atoms with Crippen LogP contribution in [0.5, 0.6) is 5.75 Å². The maximum atomic E-state index is 12.4. The summed E-state index contributed by atoms with van der Waals surface area (Å²) in [6.45, 7) is 0. The smallest absolute Gasteiger partial charge is 0.292 e. The largest absolute Gasteiger partial charge is 0.493 e. The molecule has 3 heterocycles. The fourth-order valence-electron chi connectivity index (χ4n) is 2.35. The van der Waals surface area contributed by atoms with Crippen LogP contribution in [0.25, 0.3) is 16.8 Å². The van der Waals surface area contributed by atoms with Crippen LogP contribution in [0.4, 0.5) is 5.82 Å². The van der Waals surface area contributed by atoms with Crippen molar-refractivity contribution in [2.45, 2.75) is 0 Å². The van der Waals surface area contributed by atoms with Crippen molar-refractivity contribution in [1.82, 2.24) is 24.7 Å². The molecule has 0 aliphatic heterocycles. The fraction of sp³-hybridized carbons (Fsp3) is 0.0625. The molecular weight excluding hydrogens is 324 g/mol. The van der Waals surface area contributed by atoms with Crippen molar-refractivity contribution >= 4 is 22.7 Å². The Kier molecular flexibility index (Phi) is 3.58. The molecule has 1 N–H and O–H groups in total. The molecule has 4 aromatic rings. The Morgan fingerprint density at radius 1 is 1.24 bits per heavy atom. The van der Waals surface area contributed by atoms with Crippen LogP contribution in [-0.2, 0) is 0 Å². The highest BCUT2D eigenvalue weighted by Gasteiger charge is 2.16. The molecule has 0 saturated heterocycles. The highest BCUT2D eigenvalue weighted by Crippen LogP contribution is 2.28. The minimum Gasteiger partial charge on any atom is -0.493 e. The van der Waals surface area contributed by atoms with Gasteiger partial charge in [0.25, 0.3) is 5.91 Å². The van der Waals surface area contributed by atoms with E-state index in [1.54, 1.807) is 25.3 Å². The molecule has 1 aromatic carbocycles. The summed E-state index contributed by atoms with van der Waals surface area (Å²) in [4.78, 5) is 24.4. The number of amides is 1. The van der Waals surface area contributed by atoms with Gasteiger partial charge in [-0.2, -0.15) is 5.10 Å². The van der Waals surface area contributed by atoms with E-state index in [4.69, 9.17) is 9.15 Å². The van der Waals surface area contributed by atoms with Gasteiger partial charge in [-0.25, -0.2) is 19.6 Å². The van der Waals surface area contributed by atoms with Crippen LogP contribution < -0.4 is 10.1 Å². The van der Waals surface area contributed by atoms with Gasteiger partial charge in [-0.1, -0.05) is 12.1 Å². The number of nitrogens with zero attached hydrogens (tertiary/aromatic N) is 5. The van der Waals surface area contributed by atoms with Crippen LogP contribution in [0.2, 0.25) is 0 Å². The summed E-state index contributed by atoms with van der Waals surface area (Å²) >= 11 is 0. The predicted molar refractivity (Wildman–Crippen MR) is 87.7 cm³/mol. The van der Waals surface area contributed by atoms with Crippen molar-refractivity contribution in [2.75, 3.05) is 12.4 Å². The number of carbonyl (C=O) groups is 1. The first-order valence-corrected chi connectivity index (χ1v) is 7.29.